The van der Waals surface area contributed by atoms with Gasteiger partial charge in [-0.05, 0) is 22.0 Å². The molecule has 0 N–H and O–H groups in total. The van der Waals surface area contributed by atoms with Gasteiger partial charge in [-0.15, -0.1) is 0 Å². The molecule has 0 aliphatic rings. The average Bonchev–Trinajstić information content (AvgIpc) is 2.57. The summed E-state index contributed by atoms with van der Waals surface area (Å²) < 4.78 is 15.5. The number of halogens is 2. The van der Waals surface area contributed by atoms with Gasteiger partial charge in [-0.25, -0.2) is 9.37 Å². The van der Waals surface area contributed by atoms with Crippen LogP contribution in [-0.4, -0.2) is 9.38 Å². The predicted molar refractivity (Wildman–Crippen MR) is 52.2 cm³/mol. The van der Waals surface area contributed by atoms with Crippen LogP contribution in [0.5, 0.6) is 0 Å². The lowest BCUT2D eigenvalue weighted by Crippen LogP contribution is -1.90. The number of imidazole rings is 1. The minimum Gasteiger partial charge on any atom is -0.303 e. The fourth-order valence-corrected chi connectivity index (χ4v) is 1.60. The van der Waals surface area contributed by atoms with Crippen LogP contribution in [0.1, 0.15) is 5.69 Å². The zero-order valence-electron chi connectivity index (χ0n) is 7.04. The van der Waals surface area contributed by atoms with E-state index in [4.69, 9.17) is 5.26 Å². The predicted octanol–water partition coefficient (Wildman–Crippen LogP) is 2.30. The molecule has 70 valence electrons. The Morgan fingerprint density at radius 2 is 2.43 bits per heavy atom. The maximum atomic E-state index is 13.6. The third-order valence-corrected chi connectivity index (χ3v) is 2.53. The minimum absolute atomic E-state index is 0.115. The molecule has 0 aromatic carbocycles. The fraction of sp³-hybridized carbons (Fsp3) is 0.111. The summed E-state index contributed by atoms with van der Waals surface area (Å²) in [6, 6.07) is 3.55. The van der Waals surface area contributed by atoms with E-state index in [0.29, 0.717) is 15.7 Å². The molecule has 0 saturated carbocycles. The molecule has 2 aromatic heterocycles. The number of pyridine rings is 1. The second kappa shape index (κ2) is 3.39. The van der Waals surface area contributed by atoms with E-state index in [1.807, 2.05) is 6.07 Å². The molecule has 0 saturated heterocycles. The molecule has 0 radical (unpaired) electrons. The molecule has 0 aliphatic heterocycles. The van der Waals surface area contributed by atoms with E-state index in [2.05, 4.69) is 20.9 Å². The van der Waals surface area contributed by atoms with E-state index in [-0.39, 0.29) is 12.2 Å². The zero-order chi connectivity index (χ0) is 10.1. The third kappa shape index (κ3) is 1.28. The summed E-state index contributed by atoms with van der Waals surface area (Å²) in [7, 11) is 0. The molecule has 0 fully saturated rings. The topological polar surface area (TPSA) is 41.1 Å². The molecule has 0 amide bonds. The van der Waals surface area contributed by atoms with Gasteiger partial charge in [0.15, 0.2) is 5.82 Å². The highest BCUT2D eigenvalue weighted by Crippen LogP contribution is 2.22. The summed E-state index contributed by atoms with van der Waals surface area (Å²) in [5.74, 6) is -0.379. The van der Waals surface area contributed by atoms with Gasteiger partial charge in [0.2, 0.25) is 0 Å². The van der Waals surface area contributed by atoms with Gasteiger partial charge in [-0.3, -0.25) is 0 Å². The van der Waals surface area contributed by atoms with Gasteiger partial charge in [-0.1, -0.05) is 0 Å². The van der Waals surface area contributed by atoms with Crippen LogP contribution in [0.2, 0.25) is 0 Å². The molecule has 0 unspecified atom stereocenters. The van der Waals surface area contributed by atoms with Gasteiger partial charge in [0.1, 0.15) is 5.52 Å². The highest BCUT2D eigenvalue weighted by atomic mass is 79.9. The Labute approximate surface area is 87.9 Å². The molecule has 0 bridgehead atoms. The van der Waals surface area contributed by atoms with E-state index >= 15 is 0 Å². The number of aromatic nitrogens is 2. The monoisotopic (exact) mass is 253 g/mol. The highest BCUT2D eigenvalue weighted by molar-refractivity contribution is 9.10. The number of hydrogen-bond acceptors (Lipinski definition) is 2. The van der Waals surface area contributed by atoms with Gasteiger partial charge < -0.3 is 4.40 Å². The Morgan fingerprint density at radius 1 is 1.64 bits per heavy atom. The van der Waals surface area contributed by atoms with Crippen LogP contribution in [0.4, 0.5) is 4.39 Å². The van der Waals surface area contributed by atoms with Crippen LogP contribution < -0.4 is 0 Å². The summed E-state index contributed by atoms with van der Waals surface area (Å²) in [5.41, 5.74) is 0.826. The van der Waals surface area contributed by atoms with Crippen molar-refractivity contribution in [2.24, 2.45) is 0 Å². The minimum atomic E-state index is -0.379. The quantitative estimate of drug-likeness (QED) is 0.783. The summed E-state index contributed by atoms with van der Waals surface area (Å²) in [6.07, 6.45) is 3.30. The van der Waals surface area contributed by atoms with Crippen molar-refractivity contribution in [3.05, 3.63) is 34.6 Å². The molecule has 14 heavy (non-hydrogen) atoms. The van der Waals surface area contributed by atoms with Crippen LogP contribution >= 0.6 is 15.9 Å². The number of hydrogen-bond donors (Lipinski definition) is 0. The zero-order valence-corrected chi connectivity index (χ0v) is 8.62. The van der Waals surface area contributed by atoms with E-state index in [9.17, 15) is 4.39 Å². The van der Waals surface area contributed by atoms with Crippen LogP contribution in [0.25, 0.3) is 5.52 Å². The van der Waals surface area contributed by atoms with E-state index < -0.39 is 0 Å². The van der Waals surface area contributed by atoms with Crippen molar-refractivity contribution >= 4 is 21.4 Å². The first-order valence-corrected chi connectivity index (χ1v) is 4.70. The molecule has 0 aliphatic carbocycles. The van der Waals surface area contributed by atoms with Gasteiger partial charge in [0, 0.05) is 6.20 Å². The summed E-state index contributed by atoms with van der Waals surface area (Å²) in [6.45, 7) is 0. The molecule has 5 heteroatoms. The lowest BCUT2D eigenvalue weighted by atomic mass is 10.2. The number of rotatable bonds is 1. The molecule has 0 atom stereocenters. The van der Waals surface area contributed by atoms with E-state index in [1.54, 1.807) is 16.7 Å². The number of fused-ring (bicyclic) bond motifs is 1. The van der Waals surface area contributed by atoms with Gasteiger partial charge >= 0.3 is 0 Å². The molecule has 2 aromatic rings. The molecular weight excluding hydrogens is 249 g/mol. The standard InChI is InChI=1S/C9H5BrFN3/c10-6-2-4-14-5-13-7(1-3-12)9(14)8(6)11/h2,4-5H,1H2. The average molecular weight is 254 g/mol. The second-order valence-corrected chi connectivity index (χ2v) is 3.61. The highest BCUT2D eigenvalue weighted by Gasteiger charge is 2.11. The van der Waals surface area contributed by atoms with Gasteiger partial charge in [0.25, 0.3) is 0 Å². The van der Waals surface area contributed by atoms with Crippen molar-refractivity contribution in [2.75, 3.05) is 0 Å². The van der Waals surface area contributed by atoms with Gasteiger partial charge in [0.05, 0.1) is 29.0 Å². The molecule has 2 rings (SSSR count). The summed E-state index contributed by atoms with van der Waals surface area (Å²) in [5, 5.41) is 8.52. The lowest BCUT2D eigenvalue weighted by Gasteiger charge is -1.98. The van der Waals surface area contributed by atoms with Gasteiger partial charge in [-0.2, -0.15) is 5.26 Å². The Hall–Kier alpha value is -1.41. The second-order valence-electron chi connectivity index (χ2n) is 2.76. The SMILES string of the molecule is N#CCc1ncn2ccc(Br)c(F)c12. The Bertz CT molecular complexity index is 527. The Kier molecular flexibility index (Phi) is 2.22. The largest absolute Gasteiger partial charge is 0.303 e. The Morgan fingerprint density at radius 3 is 3.14 bits per heavy atom. The van der Waals surface area contributed by atoms with Crippen molar-refractivity contribution in [3.8, 4) is 6.07 Å². The fourth-order valence-electron chi connectivity index (χ4n) is 1.29. The summed E-state index contributed by atoms with van der Waals surface area (Å²) in [4.78, 5) is 3.97. The molecule has 2 heterocycles. The van der Waals surface area contributed by atoms with Crippen molar-refractivity contribution in [3.63, 3.8) is 0 Å². The van der Waals surface area contributed by atoms with E-state index in [1.165, 1.54) is 6.33 Å². The molecular formula is C9H5BrFN3. The molecule has 0 spiro atoms. The maximum absolute atomic E-state index is 13.6. The van der Waals surface area contributed by atoms with Crippen LogP contribution in [0.15, 0.2) is 23.1 Å². The number of nitriles is 1. The first-order valence-electron chi connectivity index (χ1n) is 3.90. The first-order chi connectivity index (χ1) is 6.74. The first kappa shape index (κ1) is 9.16. The van der Waals surface area contributed by atoms with Crippen LogP contribution in [-0.2, 0) is 6.42 Å². The summed E-state index contributed by atoms with van der Waals surface area (Å²) >= 11 is 3.09. The number of nitrogens with zero attached hydrogens (tertiary/aromatic N) is 3. The van der Waals surface area contributed by atoms with Crippen molar-refractivity contribution in [1.29, 1.82) is 5.26 Å². The van der Waals surface area contributed by atoms with Crippen LogP contribution in [0.3, 0.4) is 0 Å². The molecule has 3 nitrogen and oxygen atoms in total. The smallest absolute Gasteiger partial charge is 0.163 e. The van der Waals surface area contributed by atoms with Crippen LogP contribution in [0, 0.1) is 17.1 Å². The van der Waals surface area contributed by atoms with Crippen molar-refractivity contribution in [2.45, 2.75) is 6.42 Å². The van der Waals surface area contributed by atoms with Crippen molar-refractivity contribution < 1.29 is 4.39 Å². The maximum Gasteiger partial charge on any atom is 0.163 e. The van der Waals surface area contributed by atoms with Crippen molar-refractivity contribution in [1.82, 2.24) is 9.38 Å². The normalized spacial score (nSPS) is 10.4. The third-order valence-electron chi connectivity index (χ3n) is 1.92. The van der Waals surface area contributed by atoms with E-state index in [0.717, 1.165) is 0 Å². The Balaban J connectivity index is 2.77. The lowest BCUT2D eigenvalue weighted by molar-refractivity contribution is 0.625.